The van der Waals surface area contributed by atoms with Gasteiger partial charge in [0.25, 0.3) is 0 Å². The molecule has 1 amide bonds. The lowest BCUT2D eigenvalue weighted by Gasteiger charge is -2.28. The molecule has 0 fully saturated rings. The number of carboxylic acids is 1. The van der Waals surface area contributed by atoms with E-state index in [9.17, 15) is 45.4 Å². The number of halogens is 7. The molecule has 0 aliphatic rings. The van der Waals surface area contributed by atoms with Gasteiger partial charge in [0.2, 0.25) is 0 Å². The number of aryl methyl sites for hydroxylation is 1. The Morgan fingerprint density at radius 3 is 2.12 bits per heavy atom. The van der Waals surface area contributed by atoms with Crippen LogP contribution in [0.2, 0.25) is 0 Å². The first-order chi connectivity index (χ1) is 19.1. The van der Waals surface area contributed by atoms with Gasteiger partial charge in [0.1, 0.15) is 18.1 Å². The minimum Gasteiger partial charge on any atom is -0.492 e. The first-order valence-electron chi connectivity index (χ1n) is 12.1. The van der Waals surface area contributed by atoms with Crippen LogP contribution < -0.4 is 9.47 Å². The van der Waals surface area contributed by atoms with Gasteiger partial charge in [0, 0.05) is 19.6 Å². The lowest BCUT2D eigenvalue weighted by molar-refractivity contribution is -0.423. The van der Waals surface area contributed by atoms with E-state index in [2.05, 4.69) is 4.74 Å². The largest absolute Gasteiger partial charge is 0.492 e. The number of ether oxygens (including phenoxy) is 4. The van der Waals surface area contributed by atoms with Crippen LogP contribution in [-0.4, -0.2) is 79.3 Å². The number of nitrogens with zero attached hydrogens (tertiary/aromatic N) is 1. The molecule has 0 aliphatic carbocycles. The topological polar surface area (TPSA) is 94.5 Å². The summed E-state index contributed by atoms with van der Waals surface area (Å²) in [4.78, 5) is 24.6. The third-order valence-corrected chi connectivity index (χ3v) is 5.44. The summed E-state index contributed by atoms with van der Waals surface area (Å²) in [6.07, 6.45) is -14.6. The molecule has 1 N–H and O–H groups in total. The van der Waals surface area contributed by atoms with Gasteiger partial charge in [-0.25, -0.2) is 9.59 Å². The monoisotopic (exact) mass is 599 g/mol. The molecule has 2 aromatic rings. The van der Waals surface area contributed by atoms with Crippen LogP contribution in [0, 0.1) is 6.92 Å². The van der Waals surface area contributed by atoms with E-state index < -0.39 is 49.5 Å². The number of amides is 1. The maximum Gasteiger partial charge on any atom is 0.462 e. The molecular weight excluding hydrogens is 571 g/mol. The molecule has 0 bridgehead atoms. The minimum absolute atomic E-state index is 0.0677. The second-order valence-corrected chi connectivity index (χ2v) is 8.59. The Labute approximate surface area is 230 Å². The van der Waals surface area contributed by atoms with Gasteiger partial charge in [-0.3, -0.25) is 0 Å². The molecule has 0 aliphatic heterocycles. The van der Waals surface area contributed by atoms with Crippen molar-refractivity contribution in [1.82, 2.24) is 4.90 Å². The van der Waals surface area contributed by atoms with Gasteiger partial charge < -0.3 is 29.0 Å². The van der Waals surface area contributed by atoms with Crippen LogP contribution in [-0.2, 0) is 20.7 Å². The van der Waals surface area contributed by atoms with E-state index in [1.54, 1.807) is 38.1 Å². The Kier molecular flexibility index (Phi) is 11.8. The number of rotatable bonds is 15. The molecule has 8 nitrogen and oxygen atoms in total. The number of carboxylic acid groups (broad SMARTS) is 1. The zero-order valence-electron chi connectivity index (χ0n) is 21.9. The van der Waals surface area contributed by atoms with Crippen LogP contribution in [0.25, 0.3) is 0 Å². The van der Waals surface area contributed by atoms with E-state index in [1.807, 2.05) is 0 Å². The molecule has 1 atom stereocenters. The predicted molar refractivity (Wildman–Crippen MR) is 129 cm³/mol. The quantitative estimate of drug-likeness (QED) is 0.262. The fourth-order valence-electron chi connectivity index (χ4n) is 3.31. The molecule has 15 heteroatoms. The zero-order chi connectivity index (χ0) is 30.8. The highest BCUT2D eigenvalue weighted by Gasteiger charge is 2.74. The third-order valence-electron chi connectivity index (χ3n) is 5.44. The Hall–Kier alpha value is -3.59. The van der Waals surface area contributed by atoms with Crippen molar-refractivity contribution < 1.29 is 64.4 Å². The predicted octanol–water partition coefficient (Wildman–Crippen LogP) is 5.71. The van der Waals surface area contributed by atoms with E-state index in [-0.39, 0.29) is 37.7 Å². The molecule has 0 aromatic heterocycles. The van der Waals surface area contributed by atoms with Crippen molar-refractivity contribution in [3.05, 3.63) is 59.7 Å². The number of carbonyl (C=O) groups excluding carboxylic acids is 1. The molecule has 0 heterocycles. The maximum atomic E-state index is 13.5. The van der Waals surface area contributed by atoms with Crippen molar-refractivity contribution in [2.45, 2.75) is 44.6 Å². The van der Waals surface area contributed by atoms with Crippen molar-refractivity contribution in [2.24, 2.45) is 0 Å². The highest BCUT2D eigenvalue weighted by atomic mass is 19.4. The summed E-state index contributed by atoms with van der Waals surface area (Å²) in [5.74, 6) is -7.25. The summed E-state index contributed by atoms with van der Waals surface area (Å²) < 4.78 is 110. The fraction of sp³-hybridized carbons (Fsp3) is 0.462. The molecule has 0 radical (unpaired) electrons. The summed E-state index contributed by atoms with van der Waals surface area (Å²) in [5, 5.41) is 9.19. The number of carbonyl (C=O) groups is 2. The standard InChI is InChI=1S/C26H28F7NO7/c1-3-38-21(22(35)36)16-18-7-9-19(10-8-18)39-13-11-34(23(37)41-20-6-4-5-17(2)15-20)12-14-40-26(32,33)24(27,28)25(29,30)31/h4-10,15,21H,3,11-14,16H2,1-2H3,(H,35,36). The van der Waals surface area contributed by atoms with Crippen LogP contribution in [0.4, 0.5) is 35.5 Å². The molecular formula is C26H28F7NO7. The molecule has 0 saturated carbocycles. The van der Waals surface area contributed by atoms with Crippen molar-refractivity contribution >= 4 is 12.1 Å². The van der Waals surface area contributed by atoms with E-state index >= 15 is 0 Å². The molecule has 41 heavy (non-hydrogen) atoms. The number of aliphatic carboxylic acids is 1. The molecule has 0 saturated heterocycles. The van der Waals surface area contributed by atoms with Gasteiger partial charge in [-0.05, 0) is 49.2 Å². The minimum atomic E-state index is -6.57. The first-order valence-corrected chi connectivity index (χ1v) is 12.1. The zero-order valence-corrected chi connectivity index (χ0v) is 21.9. The van der Waals surface area contributed by atoms with E-state index in [1.165, 1.54) is 24.3 Å². The third kappa shape index (κ3) is 9.78. The van der Waals surface area contributed by atoms with Crippen LogP contribution in [0.15, 0.2) is 48.5 Å². The van der Waals surface area contributed by atoms with Crippen LogP contribution >= 0.6 is 0 Å². The first kappa shape index (κ1) is 33.6. The van der Waals surface area contributed by atoms with Crippen molar-refractivity contribution in [3.8, 4) is 11.5 Å². The summed E-state index contributed by atoms with van der Waals surface area (Å²) in [7, 11) is 0. The van der Waals surface area contributed by atoms with Crippen molar-refractivity contribution in [1.29, 1.82) is 0 Å². The SMILES string of the molecule is CCOC(Cc1ccc(OCCN(CCOC(F)(F)C(F)(F)C(F)(F)F)C(=O)Oc2cccc(C)c2)cc1)C(=O)O. The van der Waals surface area contributed by atoms with Crippen molar-refractivity contribution in [2.75, 3.05) is 32.9 Å². The normalized spacial score (nSPS) is 13.0. The molecule has 0 spiro atoms. The molecule has 2 aromatic carbocycles. The Morgan fingerprint density at radius 1 is 0.927 bits per heavy atom. The summed E-state index contributed by atoms with van der Waals surface area (Å²) in [6, 6.07) is 12.3. The van der Waals surface area contributed by atoms with Crippen molar-refractivity contribution in [3.63, 3.8) is 0 Å². The van der Waals surface area contributed by atoms with Crippen LogP contribution in [0.5, 0.6) is 11.5 Å². The average molecular weight is 599 g/mol. The fourth-order valence-corrected chi connectivity index (χ4v) is 3.31. The van der Waals surface area contributed by atoms with Crippen LogP contribution in [0.1, 0.15) is 18.1 Å². The molecule has 1 unspecified atom stereocenters. The number of alkyl halides is 7. The highest BCUT2D eigenvalue weighted by molar-refractivity contribution is 5.72. The number of hydrogen-bond acceptors (Lipinski definition) is 6. The molecule has 2 rings (SSSR count). The van der Waals surface area contributed by atoms with E-state index in [0.29, 0.717) is 11.1 Å². The maximum absolute atomic E-state index is 13.5. The van der Waals surface area contributed by atoms with Gasteiger partial charge in [-0.2, -0.15) is 30.7 Å². The van der Waals surface area contributed by atoms with Gasteiger partial charge >= 0.3 is 30.3 Å². The van der Waals surface area contributed by atoms with Gasteiger partial charge in [0.15, 0.2) is 6.10 Å². The second-order valence-electron chi connectivity index (χ2n) is 8.59. The van der Waals surface area contributed by atoms with Gasteiger partial charge in [-0.1, -0.05) is 24.3 Å². The highest BCUT2D eigenvalue weighted by Crippen LogP contribution is 2.46. The number of benzene rings is 2. The summed E-state index contributed by atoms with van der Waals surface area (Å²) in [6.45, 7) is 0.697. The lowest BCUT2D eigenvalue weighted by atomic mass is 10.1. The second kappa shape index (κ2) is 14.3. The summed E-state index contributed by atoms with van der Waals surface area (Å²) in [5.41, 5.74) is 1.33. The van der Waals surface area contributed by atoms with E-state index in [4.69, 9.17) is 14.2 Å². The average Bonchev–Trinajstić information content (AvgIpc) is 2.87. The van der Waals surface area contributed by atoms with Gasteiger partial charge in [0.05, 0.1) is 13.2 Å². The Balaban J connectivity index is 2.04. The van der Waals surface area contributed by atoms with Crippen LogP contribution in [0.3, 0.4) is 0 Å². The smallest absolute Gasteiger partial charge is 0.462 e. The Morgan fingerprint density at radius 2 is 1.56 bits per heavy atom. The van der Waals surface area contributed by atoms with Gasteiger partial charge in [-0.15, -0.1) is 0 Å². The number of hydrogen-bond donors (Lipinski definition) is 1. The molecule has 228 valence electrons. The lowest BCUT2D eigenvalue weighted by Crippen LogP contribution is -2.54. The summed E-state index contributed by atoms with van der Waals surface area (Å²) >= 11 is 0. The van der Waals surface area contributed by atoms with E-state index in [0.717, 1.165) is 4.90 Å². The Bertz CT molecular complexity index is 1140.